The molecule has 14 heavy (non-hydrogen) atoms. The van der Waals surface area contributed by atoms with E-state index in [4.69, 9.17) is 17.0 Å². The monoisotopic (exact) mass is 226 g/mol. The van der Waals surface area contributed by atoms with Crippen LogP contribution in [0, 0.1) is 5.41 Å². The fraction of sp³-hybridized carbons (Fsp3) is 0.111. The molecule has 1 aliphatic heterocycles. The summed E-state index contributed by atoms with van der Waals surface area (Å²) in [4.78, 5) is 12.8. The Morgan fingerprint density at radius 2 is 2.29 bits per heavy atom. The summed E-state index contributed by atoms with van der Waals surface area (Å²) >= 11 is 7.03. The maximum Gasteiger partial charge on any atom is 0.243 e. The number of nitrogens with one attached hydrogen (secondary N) is 1. The van der Waals surface area contributed by atoms with Gasteiger partial charge < -0.3 is 0 Å². The van der Waals surface area contributed by atoms with Crippen molar-refractivity contribution in [1.82, 2.24) is 0 Å². The molecule has 0 saturated carbocycles. The van der Waals surface area contributed by atoms with Crippen LogP contribution in [0.25, 0.3) is 0 Å². The first kappa shape index (κ1) is 9.55. The number of anilines is 1. The van der Waals surface area contributed by atoms with Crippen molar-refractivity contribution in [3.63, 3.8) is 0 Å². The van der Waals surface area contributed by atoms with Gasteiger partial charge in [-0.1, -0.05) is 29.4 Å². The van der Waals surface area contributed by atoms with Crippen molar-refractivity contribution in [2.75, 3.05) is 10.7 Å². The Bertz CT molecular complexity index is 392. The first-order valence-corrected chi connectivity index (χ1v) is 5.35. The molecule has 0 unspecified atom stereocenters. The Morgan fingerprint density at radius 1 is 1.50 bits per heavy atom. The third kappa shape index (κ3) is 1.63. The molecule has 1 saturated heterocycles. The van der Waals surface area contributed by atoms with Crippen LogP contribution in [0.4, 0.5) is 5.69 Å². The molecule has 2 rings (SSSR count). The lowest BCUT2D eigenvalue weighted by atomic mass is 10.3. The number of amides is 1. The number of carbonyl (C=O) groups is 1. The smallest absolute Gasteiger partial charge is 0.243 e. The number of benzene rings is 1. The summed E-state index contributed by atoms with van der Waals surface area (Å²) in [6.45, 7) is 0. The van der Waals surface area contributed by atoms with Crippen LogP contribution in [-0.2, 0) is 4.79 Å². The summed E-state index contributed by atoms with van der Waals surface area (Å²) in [5.41, 5.74) is 0.664. The van der Waals surface area contributed by atoms with Gasteiger partial charge in [0, 0.05) is 5.02 Å². The Balaban J connectivity index is 2.39. The SMILES string of the molecule is N=C1SCC(=O)N1c1cccc(Cl)c1. The Hall–Kier alpha value is -1.00. The summed E-state index contributed by atoms with van der Waals surface area (Å²) < 4.78 is 0. The van der Waals surface area contributed by atoms with Crippen LogP contribution in [0.15, 0.2) is 24.3 Å². The molecular weight excluding hydrogens is 220 g/mol. The molecule has 0 radical (unpaired) electrons. The minimum atomic E-state index is -0.0673. The third-order valence-electron chi connectivity index (χ3n) is 1.85. The van der Waals surface area contributed by atoms with Crippen molar-refractivity contribution in [1.29, 1.82) is 5.41 Å². The van der Waals surface area contributed by atoms with Crippen molar-refractivity contribution in [2.45, 2.75) is 0 Å². The van der Waals surface area contributed by atoms with Crippen LogP contribution < -0.4 is 4.90 Å². The number of nitrogens with zero attached hydrogens (tertiary/aromatic N) is 1. The Kier molecular flexibility index (Phi) is 2.48. The number of carbonyl (C=O) groups excluding carboxylic acids is 1. The highest BCUT2D eigenvalue weighted by Crippen LogP contribution is 2.27. The summed E-state index contributed by atoms with van der Waals surface area (Å²) in [6, 6.07) is 6.95. The molecule has 0 atom stereocenters. The zero-order valence-electron chi connectivity index (χ0n) is 7.16. The normalized spacial score (nSPS) is 16.5. The first-order valence-electron chi connectivity index (χ1n) is 3.98. The van der Waals surface area contributed by atoms with Crippen molar-refractivity contribution >= 4 is 40.1 Å². The van der Waals surface area contributed by atoms with Crippen molar-refractivity contribution in [2.24, 2.45) is 0 Å². The van der Waals surface area contributed by atoms with Gasteiger partial charge in [0.2, 0.25) is 5.91 Å². The van der Waals surface area contributed by atoms with Gasteiger partial charge in [0.25, 0.3) is 0 Å². The second-order valence-corrected chi connectivity index (χ2v) is 4.20. The van der Waals surface area contributed by atoms with Gasteiger partial charge in [-0.2, -0.15) is 0 Å². The van der Waals surface area contributed by atoms with Gasteiger partial charge in [-0.15, -0.1) is 0 Å². The highest BCUT2D eigenvalue weighted by molar-refractivity contribution is 8.15. The maximum absolute atomic E-state index is 11.4. The first-order chi connectivity index (χ1) is 6.68. The second kappa shape index (κ2) is 3.63. The topological polar surface area (TPSA) is 44.2 Å². The summed E-state index contributed by atoms with van der Waals surface area (Å²) in [5.74, 6) is 0.271. The summed E-state index contributed by atoms with van der Waals surface area (Å²) in [7, 11) is 0. The second-order valence-electron chi connectivity index (χ2n) is 2.80. The van der Waals surface area contributed by atoms with E-state index in [2.05, 4.69) is 0 Å². The number of hydrogen-bond acceptors (Lipinski definition) is 3. The van der Waals surface area contributed by atoms with Crippen LogP contribution in [0.5, 0.6) is 0 Å². The van der Waals surface area contributed by atoms with Gasteiger partial charge in [-0.3, -0.25) is 15.1 Å². The standard InChI is InChI=1S/C9H7ClN2OS/c10-6-2-1-3-7(4-6)12-8(13)5-14-9(12)11/h1-4,11H,5H2. The lowest BCUT2D eigenvalue weighted by Crippen LogP contribution is -2.28. The molecule has 1 aromatic carbocycles. The predicted molar refractivity (Wildman–Crippen MR) is 59.1 cm³/mol. The fourth-order valence-electron chi connectivity index (χ4n) is 1.25. The number of rotatable bonds is 1. The van der Waals surface area contributed by atoms with E-state index in [1.54, 1.807) is 24.3 Å². The molecule has 1 heterocycles. The van der Waals surface area contributed by atoms with Crippen molar-refractivity contribution in [3.05, 3.63) is 29.3 Å². The Labute approximate surface area is 90.6 Å². The quantitative estimate of drug-likeness (QED) is 0.799. The minimum Gasteiger partial charge on any atom is -0.278 e. The van der Waals surface area contributed by atoms with Crippen molar-refractivity contribution in [3.8, 4) is 0 Å². The van der Waals surface area contributed by atoms with E-state index in [1.807, 2.05) is 0 Å². The predicted octanol–water partition coefficient (Wildman–Crippen LogP) is 2.35. The molecule has 1 N–H and O–H groups in total. The van der Waals surface area contributed by atoms with Crippen LogP contribution >= 0.6 is 23.4 Å². The molecule has 1 fully saturated rings. The van der Waals surface area contributed by atoms with E-state index in [1.165, 1.54) is 16.7 Å². The third-order valence-corrected chi connectivity index (χ3v) is 2.93. The molecule has 3 nitrogen and oxygen atoms in total. The van der Waals surface area contributed by atoms with Gasteiger partial charge in [0.15, 0.2) is 5.17 Å². The molecule has 0 aliphatic carbocycles. The van der Waals surface area contributed by atoms with E-state index in [0.717, 1.165) is 0 Å². The van der Waals surface area contributed by atoms with E-state index < -0.39 is 0 Å². The van der Waals surface area contributed by atoms with Gasteiger partial charge in [-0.05, 0) is 18.2 Å². The van der Waals surface area contributed by atoms with Gasteiger partial charge in [0.1, 0.15) is 0 Å². The molecule has 0 bridgehead atoms. The lowest BCUT2D eigenvalue weighted by molar-refractivity contribution is -0.115. The Morgan fingerprint density at radius 3 is 2.86 bits per heavy atom. The molecular formula is C9H7ClN2OS. The molecule has 1 aromatic rings. The average Bonchev–Trinajstić information content (AvgIpc) is 2.46. The van der Waals surface area contributed by atoms with E-state index in [9.17, 15) is 4.79 Å². The molecule has 1 aliphatic rings. The van der Waals surface area contributed by atoms with Crippen LogP contribution in [0.3, 0.4) is 0 Å². The molecule has 0 spiro atoms. The molecule has 5 heteroatoms. The summed E-state index contributed by atoms with van der Waals surface area (Å²) in [5, 5.41) is 8.40. The van der Waals surface area contributed by atoms with Crippen molar-refractivity contribution < 1.29 is 4.79 Å². The van der Waals surface area contributed by atoms with Gasteiger partial charge in [-0.25, -0.2) is 0 Å². The number of hydrogen-bond donors (Lipinski definition) is 1. The zero-order valence-corrected chi connectivity index (χ0v) is 8.73. The largest absolute Gasteiger partial charge is 0.278 e. The minimum absolute atomic E-state index is 0.0673. The van der Waals surface area contributed by atoms with Gasteiger partial charge >= 0.3 is 0 Å². The lowest BCUT2D eigenvalue weighted by Gasteiger charge is -2.14. The van der Waals surface area contributed by atoms with E-state index in [0.29, 0.717) is 16.5 Å². The molecule has 1 amide bonds. The number of amidine groups is 1. The van der Waals surface area contributed by atoms with E-state index >= 15 is 0 Å². The van der Waals surface area contributed by atoms with Crippen LogP contribution in [0.1, 0.15) is 0 Å². The zero-order chi connectivity index (χ0) is 10.1. The van der Waals surface area contributed by atoms with Gasteiger partial charge in [0.05, 0.1) is 11.4 Å². The maximum atomic E-state index is 11.4. The number of thioether (sulfide) groups is 1. The van der Waals surface area contributed by atoms with Crippen LogP contribution in [0.2, 0.25) is 5.02 Å². The van der Waals surface area contributed by atoms with Crippen LogP contribution in [-0.4, -0.2) is 16.8 Å². The van der Waals surface area contributed by atoms with E-state index in [-0.39, 0.29) is 11.1 Å². The number of halogens is 1. The molecule has 72 valence electrons. The highest BCUT2D eigenvalue weighted by atomic mass is 35.5. The average molecular weight is 227 g/mol. The molecule has 0 aromatic heterocycles. The summed E-state index contributed by atoms with van der Waals surface area (Å²) in [6.07, 6.45) is 0. The highest BCUT2D eigenvalue weighted by Gasteiger charge is 2.28. The fourth-order valence-corrected chi connectivity index (χ4v) is 2.16.